The van der Waals surface area contributed by atoms with Gasteiger partial charge < -0.3 is 5.11 Å². The van der Waals surface area contributed by atoms with Crippen LogP contribution < -0.4 is 4.72 Å². The van der Waals surface area contributed by atoms with Crippen molar-refractivity contribution in [2.75, 3.05) is 20.2 Å². The molecule has 0 aliphatic carbocycles. The van der Waals surface area contributed by atoms with Crippen molar-refractivity contribution in [3.8, 4) is 0 Å². The molecule has 0 bridgehead atoms. The van der Waals surface area contributed by atoms with Gasteiger partial charge in [0.05, 0.1) is 6.61 Å². The molecule has 0 aromatic heterocycles. The predicted octanol–water partition coefficient (Wildman–Crippen LogP) is -0.0665. The van der Waals surface area contributed by atoms with Gasteiger partial charge in [-0.25, -0.2) is 4.72 Å². The Kier molecular flexibility index (Phi) is 6.26. The Morgan fingerprint density at radius 3 is 2.14 bits per heavy atom. The lowest BCUT2D eigenvalue weighted by Gasteiger charge is -2.28. The molecule has 0 saturated heterocycles. The monoisotopic (exact) mass is 224 g/mol. The summed E-state index contributed by atoms with van der Waals surface area (Å²) in [4.78, 5) is 0. The largest absolute Gasteiger partial charge is 0.395 e. The summed E-state index contributed by atoms with van der Waals surface area (Å²) in [6.07, 6.45) is 1.49. The Morgan fingerprint density at radius 1 is 1.36 bits per heavy atom. The van der Waals surface area contributed by atoms with Crippen molar-refractivity contribution in [3.63, 3.8) is 0 Å². The highest BCUT2D eigenvalue weighted by Crippen LogP contribution is 2.11. The molecule has 0 spiro atoms. The van der Waals surface area contributed by atoms with Crippen LogP contribution in [-0.2, 0) is 10.2 Å². The molecule has 0 saturated carbocycles. The van der Waals surface area contributed by atoms with E-state index in [9.17, 15) is 8.42 Å². The van der Waals surface area contributed by atoms with E-state index in [1.807, 2.05) is 13.8 Å². The number of rotatable bonds is 7. The molecular weight excluding hydrogens is 204 g/mol. The number of hydrogen-bond donors (Lipinski definition) is 2. The van der Waals surface area contributed by atoms with Gasteiger partial charge in [0.1, 0.15) is 0 Å². The summed E-state index contributed by atoms with van der Waals surface area (Å²) in [5.74, 6) is 0. The fourth-order valence-corrected chi connectivity index (χ4v) is 2.66. The topological polar surface area (TPSA) is 69.6 Å². The SMILES string of the molecule is CCC(CC)N(CCO)S(=O)(=O)NC. The van der Waals surface area contributed by atoms with Gasteiger partial charge in [-0.3, -0.25) is 0 Å². The number of nitrogens with zero attached hydrogens (tertiary/aromatic N) is 1. The van der Waals surface area contributed by atoms with Crippen molar-refractivity contribution < 1.29 is 13.5 Å². The number of aliphatic hydroxyl groups is 1. The lowest BCUT2D eigenvalue weighted by atomic mass is 10.2. The van der Waals surface area contributed by atoms with E-state index in [-0.39, 0.29) is 19.2 Å². The standard InChI is InChI=1S/C8H20N2O3S/c1-4-8(5-2)10(6-7-11)14(12,13)9-3/h8-9,11H,4-7H2,1-3H3. The van der Waals surface area contributed by atoms with E-state index < -0.39 is 10.2 Å². The van der Waals surface area contributed by atoms with Crippen molar-refractivity contribution in [2.45, 2.75) is 32.7 Å². The van der Waals surface area contributed by atoms with Gasteiger partial charge in [0.15, 0.2) is 0 Å². The van der Waals surface area contributed by atoms with Gasteiger partial charge >= 0.3 is 0 Å². The summed E-state index contributed by atoms with van der Waals surface area (Å²) in [6, 6.07) is -0.0420. The lowest BCUT2D eigenvalue weighted by molar-refractivity contribution is 0.218. The molecule has 0 heterocycles. The number of nitrogens with one attached hydrogen (secondary N) is 1. The summed E-state index contributed by atoms with van der Waals surface area (Å²) in [5.41, 5.74) is 0. The molecule has 0 aliphatic heterocycles. The molecule has 0 amide bonds. The van der Waals surface area contributed by atoms with Gasteiger partial charge in [-0.1, -0.05) is 13.8 Å². The second kappa shape index (κ2) is 6.34. The van der Waals surface area contributed by atoms with Crippen LogP contribution in [0.25, 0.3) is 0 Å². The lowest BCUT2D eigenvalue weighted by Crippen LogP contribution is -2.46. The zero-order valence-electron chi connectivity index (χ0n) is 9.02. The second-order valence-corrected chi connectivity index (χ2v) is 4.84. The van der Waals surface area contributed by atoms with Crippen molar-refractivity contribution in [3.05, 3.63) is 0 Å². The second-order valence-electron chi connectivity index (χ2n) is 3.01. The summed E-state index contributed by atoms with van der Waals surface area (Å²) in [7, 11) is -2.05. The molecule has 0 aliphatic rings. The van der Waals surface area contributed by atoms with E-state index in [0.29, 0.717) is 0 Å². The third kappa shape index (κ3) is 3.53. The average Bonchev–Trinajstić information content (AvgIpc) is 2.18. The minimum Gasteiger partial charge on any atom is -0.395 e. The van der Waals surface area contributed by atoms with E-state index in [1.54, 1.807) is 0 Å². The third-order valence-corrected chi connectivity index (χ3v) is 3.85. The molecule has 0 radical (unpaired) electrons. The van der Waals surface area contributed by atoms with Gasteiger partial charge in [-0.15, -0.1) is 0 Å². The zero-order valence-corrected chi connectivity index (χ0v) is 9.84. The summed E-state index contributed by atoms with van der Waals surface area (Å²) in [6.45, 7) is 3.86. The third-order valence-electron chi connectivity index (χ3n) is 2.24. The first-order chi connectivity index (χ1) is 6.53. The smallest absolute Gasteiger partial charge is 0.279 e. The zero-order chi connectivity index (χ0) is 11.2. The maximum Gasteiger partial charge on any atom is 0.279 e. The van der Waals surface area contributed by atoms with E-state index in [0.717, 1.165) is 12.8 Å². The Morgan fingerprint density at radius 2 is 1.86 bits per heavy atom. The van der Waals surface area contributed by atoms with E-state index in [2.05, 4.69) is 4.72 Å². The first-order valence-electron chi connectivity index (χ1n) is 4.84. The summed E-state index contributed by atoms with van der Waals surface area (Å²) >= 11 is 0. The van der Waals surface area contributed by atoms with Gasteiger partial charge in [0.25, 0.3) is 10.2 Å². The Hall–Kier alpha value is -0.170. The molecule has 86 valence electrons. The maximum atomic E-state index is 11.6. The van der Waals surface area contributed by atoms with Gasteiger partial charge in [-0.05, 0) is 12.8 Å². The first-order valence-corrected chi connectivity index (χ1v) is 6.28. The van der Waals surface area contributed by atoms with Crippen LogP contribution in [0.15, 0.2) is 0 Å². The highest BCUT2D eigenvalue weighted by molar-refractivity contribution is 7.87. The molecule has 0 atom stereocenters. The quantitative estimate of drug-likeness (QED) is 0.636. The highest BCUT2D eigenvalue weighted by Gasteiger charge is 2.25. The van der Waals surface area contributed by atoms with E-state index >= 15 is 0 Å². The van der Waals surface area contributed by atoms with Crippen molar-refractivity contribution in [2.24, 2.45) is 0 Å². The minimum absolute atomic E-state index is 0.0420. The molecule has 0 rings (SSSR count). The van der Waals surface area contributed by atoms with Crippen LogP contribution in [0.3, 0.4) is 0 Å². The van der Waals surface area contributed by atoms with Crippen LogP contribution >= 0.6 is 0 Å². The molecule has 14 heavy (non-hydrogen) atoms. The average molecular weight is 224 g/mol. The minimum atomic E-state index is -3.42. The predicted molar refractivity (Wildman–Crippen MR) is 56.1 cm³/mol. The Balaban J connectivity index is 4.74. The number of hydrogen-bond acceptors (Lipinski definition) is 3. The molecule has 0 unspecified atom stereocenters. The fraction of sp³-hybridized carbons (Fsp3) is 1.00. The van der Waals surface area contributed by atoms with Crippen molar-refractivity contribution >= 4 is 10.2 Å². The molecule has 0 aromatic rings. The van der Waals surface area contributed by atoms with Crippen LogP contribution in [0.2, 0.25) is 0 Å². The number of aliphatic hydroxyl groups excluding tert-OH is 1. The summed E-state index contributed by atoms with van der Waals surface area (Å²) < 4.78 is 26.7. The van der Waals surface area contributed by atoms with Crippen LogP contribution in [0.1, 0.15) is 26.7 Å². The highest BCUT2D eigenvalue weighted by atomic mass is 32.2. The molecule has 5 nitrogen and oxygen atoms in total. The Bertz CT molecular complexity index is 237. The van der Waals surface area contributed by atoms with Crippen LogP contribution in [0.5, 0.6) is 0 Å². The fourth-order valence-electron chi connectivity index (χ4n) is 1.41. The Labute approximate surface area is 86.3 Å². The van der Waals surface area contributed by atoms with Gasteiger partial charge in [0, 0.05) is 19.6 Å². The van der Waals surface area contributed by atoms with Crippen LogP contribution in [-0.4, -0.2) is 44.1 Å². The molecular formula is C8H20N2O3S. The van der Waals surface area contributed by atoms with Crippen LogP contribution in [0, 0.1) is 0 Å². The molecule has 0 fully saturated rings. The van der Waals surface area contributed by atoms with Crippen molar-refractivity contribution in [1.82, 2.24) is 9.03 Å². The van der Waals surface area contributed by atoms with Crippen LogP contribution in [0.4, 0.5) is 0 Å². The molecule has 2 N–H and O–H groups in total. The first kappa shape index (κ1) is 13.8. The van der Waals surface area contributed by atoms with E-state index in [1.165, 1.54) is 11.4 Å². The van der Waals surface area contributed by atoms with Gasteiger partial charge in [0.2, 0.25) is 0 Å². The molecule has 6 heteroatoms. The molecule has 0 aromatic carbocycles. The maximum absolute atomic E-state index is 11.6. The van der Waals surface area contributed by atoms with Gasteiger partial charge in [-0.2, -0.15) is 12.7 Å². The van der Waals surface area contributed by atoms with E-state index in [4.69, 9.17) is 5.11 Å². The normalized spacial score (nSPS) is 12.7. The summed E-state index contributed by atoms with van der Waals surface area (Å²) in [5, 5.41) is 8.80. The van der Waals surface area contributed by atoms with Crippen molar-refractivity contribution in [1.29, 1.82) is 0 Å².